The van der Waals surface area contributed by atoms with Crippen LogP contribution >= 0.6 is 0 Å². The summed E-state index contributed by atoms with van der Waals surface area (Å²) in [4.78, 5) is 5.20. The highest BCUT2D eigenvalue weighted by molar-refractivity contribution is 5.99. The summed E-state index contributed by atoms with van der Waals surface area (Å²) in [6, 6.07) is 80.9. The Morgan fingerprint density at radius 2 is 0.536 bits per heavy atom. The van der Waals surface area contributed by atoms with Gasteiger partial charge in [0.2, 0.25) is 0 Å². The number of hydrogen-bond acceptors (Lipinski definition) is 1. The summed E-state index contributed by atoms with van der Waals surface area (Å²) >= 11 is 0. The summed E-state index contributed by atoms with van der Waals surface area (Å²) in [5, 5.41) is 5.00. The third-order valence-corrected chi connectivity index (χ3v) is 10.8. The molecule has 0 atom stereocenters. The van der Waals surface area contributed by atoms with Gasteiger partial charge in [-0.1, -0.05) is 182 Å². The predicted molar refractivity (Wildman–Crippen MR) is 237 cm³/mol. The molecule has 0 radical (unpaired) electrons. The van der Waals surface area contributed by atoms with Crippen LogP contribution in [0.5, 0.6) is 0 Å². The van der Waals surface area contributed by atoms with Crippen LogP contribution in [0.15, 0.2) is 224 Å². The standard InChI is InChI=1S/C55H37N/c1-3-17-40(18-4-1)54-36-49(37-55(56-54)41-19-5-2-6-20-41)48-34-46(42-23-11-25-44(31-42)52-29-13-21-38-15-7-9-27-50(38)52)33-47(35-48)43-24-12-26-45(32-43)53-30-14-22-39-16-8-10-28-51(39)53/h1-37H. The SMILES string of the molecule is c1ccc(-c2cc(-c3cc(-c4cccc(-c5cccc6ccccc56)c4)cc(-c4cccc(-c5cccc6ccccc56)c4)c3)cc(-c3ccccc3)n2)cc1. The Morgan fingerprint density at radius 1 is 0.214 bits per heavy atom. The molecule has 0 aliphatic rings. The van der Waals surface area contributed by atoms with Crippen LogP contribution in [0.2, 0.25) is 0 Å². The second kappa shape index (κ2) is 14.5. The Kier molecular flexibility index (Phi) is 8.59. The van der Waals surface area contributed by atoms with Crippen LogP contribution in [0.1, 0.15) is 0 Å². The van der Waals surface area contributed by atoms with Crippen LogP contribution in [0.4, 0.5) is 0 Å². The van der Waals surface area contributed by atoms with Gasteiger partial charge in [0.05, 0.1) is 11.4 Å². The lowest BCUT2D eigenvalue weighted by molar-refractivity contribution is 1.32. The normalized spacial score (nSPS) is 11.2. The van der Waals surface area contributed by atoms with E-state index >= 15 is 0 Å². The van der Waals surface area contributed by atoms with Crippen molar-refractivity contribution in [3.8, 4) is 78.1 Å². The highest BCUT2D eigenvalue weighted by Crippen LogP contribution is 2.39. The highest BCUT2D eigenvalue weighted by atomic mass is 14.7. The first-order valence-corrected chi connectivity index (χ1v) is 19.2. The van der Waals surface area contributed by atoms with Crippen molar-refractivity contribution in [2.24, 2.45) is 0 Å². The van der Waals surface area contributed by atoms with Gasteiger partial charge in [0.15, 0.2) is 0 Å². The monoisotopic (exact) mass is 711 g/mol. The fraction of sp³-hybridized carbons (Fsp3) is 0. The van der Waals surface area contributed by atoms with Gasteiger partial charge in [0, 0.05) is 11.1 Å². The van der Waals surface area contributed by atoms with Gasteiger partial charge in [0.25, 0.3) is 0 Å². The molecule has 9 aromatic carbocycles. The molecule has 1 nitrogen and oxygen atoms in total. The van der Waals surface area contributed by atoms with Gasteiger partial charge in [0.1, 0.15) is 0 Å². The number of benzene rings is 9. The van der Waals surface area contributed by atoms with Crippen LogP contribution in [0.3, 0.4) is 0 Å². The second-order valence-corrected chi connectivity index (χ2v) is 14.4. The van der Waals surface area contributed by atoms with Crippen molar-refractivity contribution in [2.45, 2.75) is 0 Å². The topological polar surface area (TPSA) is 12.9 Å². The van der Waals surface area contributed by atoms with E-state index in [9.17, 15) is 0 Å². The maximum atomic E-state index is 5.20. The first kappa shape index (κ1) is 33.2. The minimum Gasteiger partial charge on any atom is -0.248 e. The zero-order valence-electron chi connectivity index (χ0n) is 30.8. The zero-order chi connectivity index (χ0) is 37.3. The molecule has 0 saturated carbocycles. The Labute approximate surface area is 327 Å². The molecule has 262 valence electrons. The van der Waals surface area contributed by atoms with Gasteiger partial charge in [-0.25, -0.2) is 4.98 Å². The molecule has 56 heavy (non-hydrogen) atoms. The molecular weight excluding hydrogens is 675 g/mol. The van der Waals surface area contributed by atoms with Crippen molar-refractivity contribution in [3.05, 3.63) is 224 Å². The third kappa shape index (κ3) is 6.46. The summed E-state index contributed by atoms with van der Waals surface area (Å²) in [5.74, 6) is 0. The molecule has 0 aliphatic heterocycles. The van der Waals surface area contributed by atoms with Gasteiger partial charge in [-0.3, -0.25) is 0 Å². The van der Waals surface area contributed by atoms with Gasteiger partial charge in [-0.15, -0.1) is 0 Å². The molecule has 0 amide bonds. The minimum absolute atomic E-state index is 0.949. The van der Waals surface area contributed by atoms with E-state index in [0.29, 0.717) is 0 Å². The molecule has 10 rings (SSSR count). The summed E-state index contributed by atoms with van der Waals surface area (Å²) in [6.45, 7) is 0. The zero-order valence-corrected chi connectivity index (χ0v) is 30.8. The van der Waals surface area contributed by atoms with Gasteiger partial charge >= 0.3 is 0 Å². The maximum Gasteiger partial charge on any atom is 0.0715 e. The fourth-order valence-corrected chi connectivity index (χ4v) is 8.03. The molecule has 0 N–H and O–H groups in total. The molecule has 10 aromatic rings. The van der Waals surface area contributed by atoms with Crippen molar-refractivity contribution in [3.63, 3.8) is 0 Å². The maximum absolute atomic E-state index is 5.20. The van der Waals surface area contributed by atoms with E-state index in [1.54, 1.807) is 0 Å². The van der Waals surface area contributed by atoms with Gasteiger partial charge in [-0.2, -0.15) is 0 Å². The average molecular weight is 712 g/mol. The lowest BCUT2D eigenvalue weighted by Crippen LogP contribution is -1.92. The Hall–Kier alpha value is -7.35. The van der Waals surface area contributed by atoms with Crippen molar-refractivity contribution in [2.75, 3.05) is 0 Å². The Bertz CT molecular complexity index is 2810. The van der Waals surface area contributed by atoms with Gasteiger partial charge in [-0.05, 0) is 120 Å². The molecular formula is C55H37N. The van der Waals surface area contributed by atoms with Crippen LogP contribution in [-0.4, -0.2) is 4.98 Å². The van der Waals surface area contributed by atoms with Crippen LogP contribution in [-0.2, 0) is 0 Å². The molecule has 1 aromatic heterocycles. The van der Waals surface area contributed by atoms with Gasteiger partial charge < -0.3 is 0 Å². The van der Waals surface area contributed by atoms with Crippen molar-refractivity contribution >= 4 is 21.5 Å². The minimum atomic E-state index is 0.949. The summed E-state index contributed by atoms with van der Waals surface area (Å²) in [5.41, 5.74) is 15.9. The number of rotatable bonds is 7. The molecule has 0 aliphatic carbocycles. The quantitative estimate of drug-likeness (QED) is 0.160. The number of aromatic nitrogens is 1. The van der Waals surface area contributed by atoms with E-state index in [1.807, 2.05) is 0 Å². The number of nitrogens with zero attached hydrogens (tertiary/aromatic N) is 1. The Balaban J connectivity index is 1.18. The van der Waals surface area contributed by atoms with E-state index in [0.717, 1.165) is 44.8 Å². The molecule has 0 spiro atoms. The fourth-order valence-electron chi connectivity index (χ4n) is 8.03. The summed E-state index contributed by atoms with van der Waals surface area (Å²) in [6.07, 6.45) is 0. The number of pyridine rings is 1. The molecule has 1 heteroatoms. The van der Waals surface area contributed by atoms with Crippen molar-refractivity contribution in [1.29, 1.82) is 0 Å². The highest BCUT2D eigenvalue weighted by Gasteiger charge is 2.14. The smallest absolute Gasteiger partial charge is 0.0715 e. The molecule has 0 fully saturated rings. The predicted octanol–water partition coefficient (Wildman–Crippen LogP) is 15.1. The lowest BCUT2D eigenvalue weighted by atomic mass is 9.90. The number of fused-ring (bicyclic) bond motifs is 2. The van der Waals surface area contributed by atoms with Crippen LogP contribution in [0, 0.1) is 0 Å². The van der Waals surface area contributed by atoms with E-state index in [4.69, 9.17) is 4.98 Å². The average Bonchev–Trinajstić information content (AvgIpc) is 3.29. The number of hydrogen-bond donors (Lipinski definition) is 0. The van der Waals surface area contributed by atoms with E-state index in [1.165, 1.54) is 54.9 Å². The summed E-state index contributed by atoms with van der Waals surface area (Å²) in [7, 11) is 0. The van der Waals surface area contributed by atoms with Crippen molar-refractivity contribution in [1.82, 2.24) is 4.98 Å². The van der Waals surface area contributed by atoms with Crippen LogP contribution in [0.25, 0.3) is 99.7 Å². The summed E-state index contributed by atoms with van der Waals surface area (Å²) < 4.78 is 0. The lowest BCUT2D eigenvalue weighted by Gasteiger charge is -2.15. The van der Waals surface area contributed by atoms with Crippen LogP contribution < -0.4 is 0 Å². The molecule has 0 unspecified atom stereocenters. The molecule has 0 saturated heterocycles. The van der Waals surface area contributed by atoms with E-state index < -0.39 is 0 Å². The van der Waals surface area contributed by atoms with E-state index in [2.05, 4.69) is 224 Å². The van der Waals surface area contributed by atoms with Crippen molar-refractivity contribution < 1.29 is 0 Å². The third-order valence-electron chi connectivity index (χ3n) is 10.8. The second-order valence-electron chi connectivity index (χ2n) is 14.4. The Morgan fingerprint density at radius 3 is 1.02 bits per heavy atom. The first-order chi connectivity index (χ1) is 27.7. The molecule has 1 heterocycles. The van der Waals surface area contributed by atoms with E-state index in [-0.39, 0.29) is 0 Å². The largest absolute Gasteiger partial charge is 0.248 e. The molecule has 0 bridgehead atoms. The first-order valence-electron chi connectivity index (χ1n) is 19.2.